The molecule has 0 fully saturated rings. The molecule has 1 aromatic heterocycles. The van der Waals surface area contributed by atoms with Gasteiger partial charge in [-0.05, 0) is 18.6 Å². The van der Waals surface area contributed by atoms with Crippen molar-refractivity contribution < 1.29 is 9.52 Å². The molecule has 1 atom stereocenters. The van der Waals surface area contributed by atoms with Crippen molar-refractivity contribution in [2.45, 2.75) is 13.0 Å². The van der Waals surface area contributed by atoms with Gasteiger partial charge in [-0.1, -0.05) is 18.2 Å². The third kappa shape index (κ3) is 1.67. The van der Waals surface area contributed by atoms with Crippen LogP contribution in [0.15, 0.2) is 41.3 Å². The molecule has 14 heavy (non-hydrogen) atoms. The predicted molar refractivity (Wildman–Crippen MR) is 52.6 cm³/mol. The molecule has 0 aliphatic heterocycles. The first-order valence-corrected chi connectivity index (χ1v) is 4.44. The van der Waals surface area contributed by atoms with Crippen LogP contribution in [0.5, 0.6) is 0 Å². The van der Waals surface area contributed by atoms with Crippen molar-refractivity contribution in [2.75, 3.05) is 0 Å². The number of aromatic nitrogens is 1. The van der Waals surface area contributed by atoms with Crippen LogP contribution in [0.3, 0.4) is 0 Å². The maximum absolute atomic E-state index is 9.40. The Kier molecular flexibility index (Phi) is 2.33. The molecule has 72 valence electrons. The third-order valence-electron chi connectivity index (χ3n) is 2.10. The molecule has 1 unspecified atom stereocenters. The van der Waals surface area contributed by atoms with Gasteiger partial charge in [-0.25, -0.2) is 4.98 Å². The molecular weight excluding hydrogens is 178 g/mol. The summed E-state index contributed by atoms with van der Waals surface area (Å²) in [6, 6.07) is 7.62. The summed E-state index contributed by atoms with van der Waals surface area (Å²) in [5.74, 6) is 0. The molecule has 0 amide bonds. The summed E-state index contributed by atoms with van der Waals surface area (Å²) in [7, 11) is 0. The average Bonchev–Trinajstić information content (AvgIpc) is 2.71. The molecule has 2 rings (SSSR count). The van der Waals surface area contributed by atoms with Crippen molar-refractivity contribution >= 4 is 0 Å². The highest BCUT2D eigenvalue weighted by molar-refractivity contribution is 5.58. The molecule has 1 N–H and O–H groups in total. The molecular formula is C11H11NO2. The molecule has 0 aliphatic rings. The minimum Gasteiger partial charge on any atom is -0.451 e. The van der Waals surface area contributed by atoms with Crippen molar-refractivity contribution in [1.82, 2.24) is 4.98 Å². The van der Waals surface area contributed by atoms with E-state index in [-0.39, 0.29) is 0 Å². The van der Waals surface area contributed by atoms with Crippen LogP contribution < -0.4 is 0 Å². The van der Waals surface area contributed by atoms with Crippen LogP contribution >= 0.6 is 0 Å². The van der Waals surface area contributed by atoms with E-state index in [0.717, 1.165) is 16.8 Å². The van der Waals surface area contributed by atoms with Gasteiger partial charge in [0.2, 0.25) is 0 Å². The van der Waals surface area contributed by atoms with Gasteiger partial charge in [-0.3, -0.25) is 0 Å². The number of oxazole rings is 1. The standard InChI is InChI=1S/C11H11NO2/c1-8(13)9-3-2-4-10(5-9)11-6-14-7-12-11/h2-8,13H,1H3. The Hall–Kier alpha value is -1.61. The summed E-state index contributed by atoms with van der Waals surface area (Å²) in [6.45, 7) is 1.74. The summed E-state index contributed by atoms with van der Waals surface area (Å²) < 4.78 is 4.90. The van der Waals surface area contributed by atoms with Crippen molar-refractivity contribution in [3.8, 4) is 11.3 Å². The monoisotopic (exact) mass is 189 g/mol. The smallest absolute Gasteiger partial charge is 0.181 e. The topological polar surface area (TPSA) is 46.3 Å². The third-order valence-corrected chi connectivity index (χ3v) is 2.10. The Morgan fingerprint density at radius 1 is 1.43 bits per heavy atom. The number of hydrogen-bond acceptors (Lipinski definition) is 3. The summed E-state index contributed by atoms with van der Waals surface area (Å²) in [5.41, 5.74) is 2.62. The van der Waals surface area contributed by atoms with Gasteiger partial charge in [-0.2, -0.15) is 0 Å². The Morgan fingerprint density at radius 3 is 2.93 bits per heavy atom. The Bertz CT molecular complexity index is 407. The highest BCUT2D eigenvalue weighted by Crippen LogP contribution is 2.21. The minimum atomic E-state index is -0.457. The van der Waals surface area contributed by atoms with Crippen LogP contribution in [0.1, 0.15) is 18.6 Å². The van der Waals surface area contributed by atoms with E-state index >= 15 is 0 Å². The molecule has 1 heterocycles. The molecule has 0 saturated heterocycles. The van der Waals surface area contributed by atoms with Crippen LogP contribution in [0.2, 0.25) is 0 Å². The number of benzene rings is 1. The SMILES string of the molecule is CC(O)c1cccc(-c2cocn2)c1. The van der Waals surface area contributed by atoms with Crippen LogP contribution in [-0.4, -0.2) is 10.1 Å². The quantitative estimate of drug-likeness (QED) is 0.789. The van der Waals surface area contributed by atoms with Crippen molar-refractivity contribution in [1.29, 1.82) is 0 Å². The lowest BCUT2D eigenvalue weighted by Gasteiger charge is -2.05. The van der Waals surface area contributed by atoms with E-state index in [4.69, 9.17) is 4.42 Å². The van der Waals surface area contributed by atoms with E-state index in [1.165, 1.54) is 6.39 Å². The van der Waals surface area contributed by atoms with Gasteiger partial charge in [0.25, 0.3) is 0 Å². The van der Waals surface area contributed by atoms with Crippen LogP contribution in [0.25, 0.3) is 11.3 Å². The maximum Gasteiger partial charge on any atom is 0.181 e. The first-order valence-electron chi connectivity index (χ1n) is 4.44. The van der Waals surface area contributed by atoms with Gasteiger partial charge < -0.3 is 9.52 Å². The molecule has 0 aliphatic carbocycles. The van der Waals surface area contributed by atoms with Crippen LogP contribution in [-0.2, 0) is 0 Å². The van der Waals surface area contributed by atoms with E-state index in [0.29, 0.717) is 0 Å². The Balaban J connectivity index is 2.41. The number of hydrogen-bond donors (Lipinski definition) is 1. The number of aliphatic hydroxyl groups is 1. The molecule has 1 aromatic carbocycles. The molecule has 3 nitrogen and oxygen atoms in total. The number of nitrogens with zero attached hydrogens (tertiary/aromatic N) is 1. The van der Waals surface area contributed by atoms with E-state index in [1.54, 1.807) is 13.2 Å². The van der Waals surface area contributed by atoms with Gasteiger partial charge >= 0.3 is 0 Å². The highest BCUT2D eigenvalue weighted by Gasteiger charge is 2.04. The van der Waals surface area contributed by atoms with Crippen molar-refractivity contribution in [3.63, 3.8) is 0 Å². The summed E-state index contributed by atoms with van der Waals surface area (Å²) in [6.07, 6.45) is 2.52. The van der Waals surface area contributed by atoms with E-state index in [2.05, 4.69) is 4.98 Å². The van der Waals surface area contributed by atoms with Gasteiger partial charge in [0.1, 0.15) is 12.0 Å². The predicted octanol–water partition coefficient (Wildman–Crippen LogP) is 2.39. The minimum absolute atomic E-state index is 0.457. The molecule has 0 bridgehead atoms. The van der Waals surface area contributed by atoms with E-state index < -0.39 is 6.10 Å². The normalized spacial score (nSPS) is 12.7. The lowest BCUT2D eigenvalue weighted by molar-refractivity contribution is 0.199. The first kappa shape index (κ1) is 8.97. The van der Waals surface area contributed by atoms with Crippen molar-refractivity contribution in [3.05, 3.63) is 42.5 Å². The van der Waals surface area contributed by atoms with Gasteiger partial charge in [0.05, 0.1) is 6.10 Å². The van der Waals surface area contributed by atoms with Gasteiger partial charge in [-0.15, -0.1) is 0 Å². The fraction of sp³-hybridized carbons (Fsp3) is 0.182. The Labute approximate surface area is 82.0 Å². The van der Waals surface area contributed by atoms with Crippen molar-refractivity contribution in [2.24, 2.45) is 0 Å². The Morgan fingerprint density at radius 2 is 2.29 bits per heavy atom. The van der Waals surface area contributed by atoms with Crippen LogP contribution in [0, 0.1) is 0 Å². The maximum atomic E-state index is 9.40. The second kappa shape index (κ2) is 3.64. The number of rotatable bonds is 2. The fourth-order valence-electron chi connectivity index (χ4n) is 1.31. The molecule has 0 spiro atoms. The molecule has 0 radical (unpaired) electrons. The first-order chi connectivity index (χ1) is 6.77. The second-order valence-corrected chi connectivity index (χ2v) is 3.18. The average molecular weight is 189 g/mol. The zero-order valence-electron chi connectivity index (χ0n) is 7.84. The van der Waals surface area contributed by atoms with Gasteiger partial charge in [0, 0.05) is 5.56 Å². The zero-order chi connectivity index (χ0) is 9.97. The van der Waals surface area contributed by atoms with E-state index in [9.17, 15) is 5.11 Å². The highest BCUT2D eigenvalue weighted by atomic mass is 16.3. The second-order valence-electron chi connectivity index (χ2n) is 3.18. The summed E-state index contributed by atoms with van der Waals surface area (Å²) in [5, 5.41) is 9.40. The number of aliphatic hydroxyl groups excluding tert-OH is 1. The summed E-state index contributed by atoms with van der Waals surface area (Å²) >= 11 is 0. The van der Waals surface area contributed by atoms with E-state index in [1.807, 2.05) is 24.3 Å². The molecule has 0 saturated carbocycles. The molecule has 2 aromatic rings. The van der Waals surface area contributed by atoms with Gasteiger partial charge in [0.15, 0.2) is 6.39 Å². The lowest BCUT2D eigenvalue weighted by Crippen LogP contribution is -1.90. The zero-order valence-corrected chi connectivity index (χ0v) is 7.84. The summed E-state index contributed by atoms with van der Waals surface area (Å²) in [4.78, 5) is 4.04. The largest absolute Gasteiger partial charge is 0.451 e. The van der Waals surface area contributed by atoms with Crippen LogP contribution in [0.4, 0.5) is 0 Å². The fourth-order valence-corrected chi connectivity index (χ4v) is 1.31. The molecule has 3 heteroatoms. The lowest BCUT2D eigenvalue weighted by atomic mass is 10.1.